The van der Waals surface area contributed by atoms with Crippen molar-refractivity contribution in [1.82, 2.24) is 0 Å². The molecule has 2 aromatic rings. The Kier molecular flexibility index (Phi) is 4.22. The van der Waals surface area contributed by atoms with Gasteiger partial charge in [0.05, 0.1) is 11.1 Å². The summed E-state index contributed by atoms with van der Waals surface area (Å²) in [5.41, 5.74) is 2.54. The Morgan fingerprint density at radius 3 is 2.65 bits per heavy atom. The predicted molar refractivity (Wildman–Crippen MR) is 91.2 cm³/mol. The first-order valence-electron chi connectivity index (χ1n) is 7.52. The molecule has 23 heavy (non-hydrogen) atoms. The summed E-state index contributed by atoms with van der Waals surface area (Å²) in [6.07, 6.45) is 2.92. The molecule has 2 aromatic carbocycles. The fourth-order valence-corrected chi connectivity index (χ4v) is 4.18. The van der Waals surface area contributed by atoms with Crippen molar-refractivity contribution in [2.24, 2.45) is 0 Å². The van der Waals surface area contributed by atoms with Gasteiger partial charge >= 0.3 is 0 Å². The number of anilines is 1. The Hall–Kier alpha value is -2.14. The summed E-state index contributed by atoms with van der Waals surface area (Å²) in [5.74, 6) is -0.476. The third kappa shape index (κ3) is 3.29. The largest absolute Gasteiger partial charge is 0.264 e. The molecule has 1 aliphatic rings. The normalized spacial score (nSPS) is 15.0. The van der Waals surface area contributed by atoms with Gasteiger partial charge in [0.1, 0.15) is 5.82 Å². The molecule has 0 saturated carbocycles. The van der Waals surface area contributed by atoms with E-state index < -0.39 is 15.8 Å². The number of benzene rings is 2. The molecule has 3 rings (SSSR count). The molecule has 1 heterocycles. The van der Waals surface area contributed by atoms with E-state index in [9.17, 15) is 12.8 Å². The van der Waals surface area contributed by atoms with Gasteiger partial charge in [-0.25, -0.2) is 12.8 Å². The van der Waals surface area contributed by atoms with Crippen LogP contribution < -0.4 is 4.31 Å². The molecule has 0 fully saturated rings. The molecule has 0 N–H and O–H groups in total. The smallest absolute Gasteiger partial charge is 0.257 e. The van der Waals surface area contributed by atoms with Crippen LogP contribution in [0.25, 0.3) is 6.08 Å². The van der Waals surface area contributed by atoms with E-state index in [4.69, 9.17) is 0 Å². The molecular formula is C18H18FNO2S. The van der Waals surface area contributed by atoms with Crippen LogP contribution in [0.5, 0.6) is 0 Å². The highest BCUT2D eigenvalue weighted by atomic mass is 32.2. The average molecular weight is 331 g/mol. The maximum Gasteiger partial charge on any atom is 0.257 e. The van der Waals surface area contributed by atoms with E-state index >= 15 is 0 Å². The summed E-state index contributed by atoms with van der Waals surface area (Å²) >= 11 is 0. The lowest BCUT2D eigenvalue weighted by molar-refractivity contribution is 0.584. The Balaban J connectivity index is 1.98. The summed E-state index contributed by atoms with van der Waals surface area (Å²) in [5, 5.41) is 1.15. The highest BCUT2D eigenvalue weighted by Crippen LogP contribution is 2.33. The number of fused-ring (bicyclic) bond motifs is 1. The molecule has 0 radical (unpaired) electrons. The number of aryl methyl sites for hydroxylation is 2. The van der Waals surface area contributed by atoms with Gasteiger partial charge in [0.25, 0.3) is 10.0 Å². The van der Waals surface area contributed by atoms with E-state index in [0.29, 0.717) is 19.4 Å². The van der Waals surface area contributed by atoms with Gasteiger partial charge in [-0.3, -0.25) is 4.31 Å². The second-order valence-corrected chi connectivity index (χ2v) is 7.43. The van der Waals surface area contributed by atoms with Gasteiger partial charge in [-0.1, -0.05) is 36.4 Å². The molecule has 0 amide bonds. The number of hydrogen-bond donors (Lipinski definition) is 0. The van der Waals surface area contributed by atoms with Crippen molar-refractivity contribution in [2.45, 2.75) is 19.8 Å². The lowest BCUT2D eigenvalue weighted by atomic mass is 10.0. The average Bonchev–Trinajstić information content (AvgIpc) is 2.53. The minimum absolute atomic E-state index is 0.194. The number of halogens is 1. The second-order valence-electron chi connectivity index (χ2n) is 5.69. The van der Waals surface area contributed by atoms with Crippen molar-refractivity contribution < 1.29 is 12.8 Å². The van der Waals surface area contributed by atoms with E-state index in [1.165, 1.54) is 16.4 Å². The highest BCUT2D eigenvalue weighted by Gasteiger charge is 2.28. The van der Waals surface area contributed by atoms with Gasteiger partial charge in [0.15, 0.2) is 0 Å². The van der Waals surface area contributed by atoms with Crippen molar-refractivity contribution >= 4 is 21.8 Å². The van der Waals surface area contributed by atoms with E-state index in [-0.39, 0.29) is 5.69 Å². The fourth-order valence-electron chi connectivity index (χ4n) is 2.86. The molecule has 0 atom stereocenters. The summed E-state index contributed by atoms with van der Waals surface area (Å²) in [6, 6.07) is 12.4. The molecule has 0 bridgehead atoms. The maximum atomic E-state index is 14.3. The van der Waals surface area contributed by atoms with Gasteiger partial charge in [0, 0.05) is 6.54 Å². The van der Waals surface area contributed by atoms with E-state index in [1.54, 1.807) is 0 Å². The third-order valence-corrected chi connectivity index (χ3v) is 5.34. The molecule has 0 aromatic heterocycles. The molecule has 0 unspecified atom stereocenters. The summed E-state index contributed by atoms with van der Waals surface area (Å²) < 4.78 is 40.8. The standard InChI is InChI=1S/C18H18FNO2S/c1-14-12-16-8-5-10-20(18(16)17(19)13-14)23(21,22)11-9-15-6-3-2-4-7-15/h2-4,6-7,9,11-13H,5,8,10H2,1H3/b11-9+. The summed E-state index contributed by atoms with van der Waals surface area (Å²) in [4.78, 5) is 0. The van der Waals surface area contributed by atoms with Crippen molar-refractivity contribution in [1.29, 1.82) is 0 Å². The minimum atomic E-state index is -3.72. The Morgan fingerprint density at radius 2 is 1.91 bits per heavy atom. The molecule has 5 heteroatoms. The minimum Gasteiger partial charge on any atom is -0.264 e. The van der Waals surface area contributed by atoms with Gasteiger partial charge in [0.2, 0.25) is 0 Å². The Morgan fingerprint density at radius 1 is 1.17 bits per heavy atom. The van der Waals surface area contributed by atoms with Crippen molar-refractivity contribution in [3.05, 3.63) is 70.4 Å². The zero-order valence-electron chi connectivity index (χ0n) is 12.9. The first-order chi connectivity index (χ1) is 11.0. The van der Waals surface area contributed by atoms with Gasteiger partial charge in [-0.2, -0.15) is 0 Å². The first kappa shape index (κ1) is 15.7. The van der Waals surface area contributed by atoms with Crippen LogP contribution in [0.4, 0.5) is 10.1 Å². The van der Waals surface area contributed by atoms with Crippen molar-refractivity contribution in [3.63, 3.8) is 0 Å². The first-order valence-corrected chi connectivity index (χ1v) is 9.02. The van der Waals surface area contributed by atoms with Crippen LogP contribution in [-0.2, 0) is 16.4 Å². The zero-order chi connectivity index (χ0) is 16.4. The SMILES string of the molecule is Cc1cc(F)c2c(c1)CCCN2S(=O)(=O)/C=C/c1ccccc1. The van der Waals surface area contributed by atoms with Crippen LogP contribution in [0.3, 0.4) is 0 Å². The fraction of sp³-hybridized carbons (Fsp3) is 0.222. The lowest BCUT2D eigenvalue weighted by Gasteiger charge is -2.30. The van der Waals surface area contributed by atoms with Crippen LogP contribution >= 0.6 is 0 Å². The van der Waals surface area contributed by atoms with E-state index in [0.717, 1.165) is 22.1 Å². The van der Waals surface area contributed by atoms with E-state index in [1.807, 2.05) is 43.3 Å². The number of rotatable bonds is 3. The lowest BCUT2D eigenvalue weighted by Crippen LogP contribution is -2.35. The van der Waals surface area contributed by atoms with Crippen molar-refractivity contribution in [3.8, 4) is 0 Å². The highest BCUT2D eigenvalue weighted by molar-refractivity contribution is 7.95. The molecule has 0 aliphatic carbocycles. The number of nitrogens with zero attached hydrogens (tertiary/aromatic N) is 1. The molecule has 0 spiro atoms. The molecule has 3 nitrogen and oxygen atoms in total. The van der Waals surface area contributed by atoms with Crippen LogP contribution in [0, 0.1) is 12.7 Å². The summed E-state index contributed by atoms with van der Waals surface area (Å²) in [6.45, 7) is 2.11. The monoisotopic (exact) mass is 331 g/mol. The Bertz CT molecular complexity index is 845. The molecule has 120 valence electrons. The molecule has 1 aliphatic heterocycles. The van der Waals surface area contributed by atoms with Gasteiger partial charge in [-0.15, -0.1) is 0 Å². The topological polar surface area (TPSA) is 37.4 Å². The zero-order valence-corrected chi connectivity index (χ0v) is 13.7. The van der Waals surface area contributed by atoms with Crippen LogP contribution in [0.1, 0.15) is 23.1 Å². The molecular weight excluding hydrogens is 313 g/mol. The summed E-state index contributed by atoms with van der Waals surface area (Å²) in [7, 11) is -3.72. The van der Waals surface area contributed by atoms with Gasteiger partial charge < -0.3 is 0 Å². The maximum absolute atomic E-state index is 14.3. The van der Waals surface area contributed by atoms with E-state index in [2.05, 4.69) is 0 Å². The van der Waals surface area contributed by atoms with Crippen molar-refractivity contribution in [2.75, 3.05) is 10.8 Å². The third-order valence-electron chi connectivity index (χ3n) is 3.88. The number of sulfonamides is 1. The Labute approximate surface area is 136 Å². The van der Waals surface area contributed by atoms with Gasteiger partial charge in [-0.05, 0) is 48.6 Å². The second kappa shape index (κ2) is 6.16. The van der Waals surface area contributed by atoms with Crippen LogP contribution in [-0.4, -0.2) is 15.0 Å². The van der Waals surface area contributed by atoms with Crippen LogP contribution in [0.15, 0.2) is 47.9 Å². The van der Waals surface area contributed by atoms with Crippen LogP contribution in [0.2, 0.25) is 0 Å². The quantitative estimate of drug-likeness (QED) is 0.856. The predicted octanol–water partition coefficient (Wildman–Crippen LogP) is 3.89. The molecule has 0 saturated heterocycles. The number of hydrogen-bond acceptors (Lipinski definition) is 2.